The summed E-state index contributed by atoms with van der Waals surface area (Å²) in [4.78, 5) is 20.0. The standard InChI is InChI=1S/C22H25FN2O2/c1-15(2)22(26)25(13-17-8-6-9-18(23)11-17)14-19-12-21(24-27-19)20-10-5-4-7-16(20)3/h4-11,15,19H,12-14H2,1-3H3/t19-/m0/s1. The Bertz CT molecular complexity index is 848. The number of nitrogens with zero attached hydrogens (tertiary/aromatic N) is 2. The number of rotatable bonds is 6. The van der Waals surface area contributed by atoms with Gasteiger partial charge in [0.25, 0.3) is 0 Å². The van der Waals surface area contributed by atoms with Crippen LogP contribution in [0.3, 0.4) is 0 Å². The van der Waals surface area contributed by atoms with Crippen molar-refractivity contribution in [1.82, 2.24) is 4.90 Å². The van der Waals surface area contributed by atoms with Crippen LogP contribution in [0.5, 0.6) is 0 Å². The van der Waals surface area contributed by atoms with Crippen molar-refractivity contribution in [3.8, 4) is 0 Å². The number of hydrogen-bond donors (Lipinski definition) is 0. The van der Waals surface area contributed by atoms with E-state index in [-0.39, 0.29) is 23.7 Å². The summed E-state index contributed by atoms with van der Waals surface area (Å²) in [6.07, 6.45) is 0.450. The molecule has 1 atom stereocenters. The van der Waals surface area contributed by atoms with Gasteiger partial charge in [0.2, 0.25) is 5.91 Å². The fourth-order valence-electron chi connectivity index (χ4n) is 3.28. The van der Waals surface area contributed by atoms with Crippen molar-refractivity contribution >= 4 is 11.6 Å². The van der Waals surface area contributed by atoms with Gasteiger partial charge in [-0.1, -0.05) is 55.4 Å². The highest BCUT2D eigenvalue weighted by Crippen LogP contribution is 2.21. The lowest BCUT2D eigenvalue weighted by molar-refractivity contribution is -0.137. The summed E-state index contributed by atoms with van der Waals surface area (Å²) in [5.74, 6) is -0.421. The van der Waals surface area contributed by atoms with E-state index in [4.69, 9.17) is 4.84 Å². The van der Waals surface area contributed by atoms with Crippen molar-refractivity contribution in [2.45, 2.75) is 39.8 Å². The van der Waals surface area contributed by atoms with Crippen LogP contribution in [0, 0.1) is 18.7 Å². The third kappa shape index (κ3) is 4.73. The largest absolute Gasteiger partial charge is 0.390 e. The predicted molar refractivity (Wildman–Crippen MR) is 104 cm³/mol. The number of oxime groups is 1. The van der Waals surface area contributed by atoms with Crippen molar-refractivity contribution < 1.29 is 14.0 Å². The Morgan fingerprint density at radius 3 is 2.74 bits per heavy atom. The zero-order valence-corrected chi connectivity index (χ0v) is 16.0. The summed E-state index contributed by atoms with van der Waals surface area (Å²) < 4.78 is 13.5. The highest BCUT2D eigenvalue weighted by Gasteiger charge is 2.28. The fourth-order valence-corrected chi connectivity index (χ4v) is 3.28. The van der Waals surface area contributed by atoms with E-state index in [9.17, 15) is 9.18 Å². The summed E-state index contributed by atoms with van der Waals surface area (Å²) in [6, 6.07) is 14.4. The number of carbonyl (C=O) groups excluding carboxylic acids is 1. The van der Waals surface area contributed by atoms with Crippen LogP contribution < -0.4 is 0 Å². The monoisotopic (exact) mass is 368 g/mol. The smallest absolute Gasteiger partial charge is 0.225 e. The second-order valence-corrected chi connectivity index (χ2v) is 7.29. The molecule has 142 valence electrons. The molecule has 0 saturated heterocycles. The van der Waals surface area contributed by atoms with Gasteiger partial charge in [-0.25, -0.2) is 4.39 Å². The molecule has 4 nitrogen and oxygen atoms in total. The van der Waals surface area contributed by atoms with Crippen LogP contribution in [0.1, 0.15) is 37.0 Å². The van der Waals surface area contributed by atoms with Gasteiger partial charge >= 0.3 is 0 Å². The summed E-state index contributed by atoms with van der Waals surface area (Å²) in [5.41, 5.74) is 3.89. The normalized spacial score (nSPS) is 16.2. The lowest BCUT2D eigenvalue weighted by Gasteiger charge is -2.26. The Labute approximate surface area is 159 Å². The average molecular weight is 368 g/mol. The van der Waals surface area contributed by atoms with Gasteiger partial charge in [0.1, 0.15) is 5.82 Å². The van der Waals surface area contributed by atoms with Crippen molar-refractivity contribution in [3.63, 3.8) is 0 Å². The van der Waals surface area contributed by atoms with E-state index in [1.807, 2.05) is 51.1 Å². The molecule has 3 rings (SSSR count). The number of benzene rings is 2. The molecule has 0 N–H and O–H groups in total. The van der Waals surface area contributed by atoms with Crippen molar-refractivity contribution in [3.05, 3.63) is 71.0 Å². The maximum Gasteiger partial charge on any atom is 0.225 e. The molecule has 2 aromatic carbocycles. The molecule has 1 heterocycles. The van der Waals surface area contributed by atoms with Gasteiger partial charge in [0.15, 0.2) is 6.10 Å². The third-order valence-corrected chi connectivity index (χ3v) is 4.68. The molecule has 1 amide bonds. The van der Waals surface area contributed by atoms with Gasteiger partial charge in [-0.3, -0.25) is 4.79 Å². The van der Waals surface area contributed by atoms with Gasteiger partial charge in [0, 0.05) is 24.4 Å². The molecule has 0 bridgehead atoms. The van der Waals surface area contributed by atoms with Crippen LogP contribution in [0.15, 0.2) is 53.7 Å². The van der Waals surface area contributed by atoms with Gasteiger partial charge in [0.05, 0.1) is 12.3 Å². The maximum absolute atomic E-state index is 13.5. The molecule has 0 aliphatic carbocycles. The van der Waals surface area contributed by atoms with Crippen LogP contribution in [0.25, 0.3) is 0 Å². The number of halogens is 1. The molecule has 1 aliphatic heterocycles. The Morgan fingerprint density at radius 1 is 1.26 bits per heavy atom. The molecule has 27 heavy (non-hydrogen) atoms. The fraction of sp³-hybridized carbons (Fsp3) is 0.364. The van der Waals surface area contributed by atoms with Gasteiger partial charge in [-0.15, -0.1) is 0 Å². The molecular weight excluding hydrogens is 343 g/mol. The number of aryl methyl sites for hydroxylation is 1. The van der Waals surface area contributed by atoms with Crippen LogP contribution in [-0.4, -0.2) is 29.2 Å². The van der Waals surface area contributed by atoms with Crippen LogP contribution >= 0.6 is 0 Å². The second-order valence-electron chi connectivity index (χ2n) is 7.29. The maximum atomic E-state index is 13.5. The molecule has 1 aliphatic rings. The molecule has 0 saturated carbocycles. The molecule has 0 radical (unpaired) electrons. The summed E-state index contributed by atoms with van der Waals surface area (Å²) in [7, 11) is 0. The Kier molecular flexibility index (Phi) is 5.89. The Balaban J connectivity index is 1.70. The molecular formula is C22H25FN2O2. The highest BCUT2D eigenvalue weighted by atomic mass is 19.1. The van der Waals surface area contributed by atoms with Crippen molar-refractivity contribution in [1.29, 1.82) is 0 Å². The molecule has 5 heteroatoms. The zero-order chi connectivity index (χ0) is 19.4. The van der Waals surface area contributed by atoms with Crippen LogP contribution in [0.2, 0.25) is 0 Å². The molecule has 2 aromatic rings. The van der Waals surface area contributed by atoms with E-state index in [2.05, 4.69) is 5.16 Å². The zero-order valence-electron chi connectivity index (χ0n) is 16.0. The third-order valence-electron chi connectivity index (χ3n) is 4.68. The minimum atomic E-state index is -0.299. The van der Waals surface area contributed by atoms with Gasteiger partial charge in [-0.05, 0) is 30.2 Å². The SMILES string of the molecule is Cc1ccccc1C1=NO[C@H](CN(Cc2cccc(F)c2)C(=O)C(C)C)C1. The van der Waals surface area contributed by atoms with E-state index in [1.165, 1.54) is 12.1 Å². The summed E-state index contributed by atoms with van der Waals surface area (Å²) in [5, 5.41) is 4.25. The number of hydrogen-bond acceptors (Lipinski definition) is 3. The topological polar surface area (TPSA) is 41.9 Å². The van der Waals surface area contributed by atoms with Gasteiger partial charge < -0.3 is 9.74 Å². The molecule has 0 spiro atoms. The van der Waals surface area contributed by atoms with E-state index in [1.54, 1.807) is 11.0 Å². The van der Waals surface area contributed by atoms with E-state index in [0.29, 0.717) is 19.5 Å². The first kappa shape index (κ1) is 19.1. The average Bonchev–Trinajstić information content (AvgIpc) is 3.09. The number of amides is 1. The van der Waals surface area contributed by atoms with Crippen LogP contribution in [-0.2, 0) is 16.2 Å². The Morgan fingerprint density at radius 2 is 2.04 bits per heavy atom. The lowest BCUT2D eigenvalue weighted by Crippen LogP contribution is -2.39. The quantitative estimate of drug-likeness (QED) is 0.762. The first-order chi connectivity index (χ1) is 12.9. The van der Waals surface area contributed by atoms with Gasteiger partial charge in [-0.2, -0.15) is 0 Å². The second kappa shape index (κ2) is 8.33. The van der Waals surface area contributed by atoms with Crippen LogP contribution in [0.4, 0.5) is 4.39 Å². The van der Waals surface area contributed by atoms with E-state index >= 15 is 0 Å². The Hall–Kier alpha value is -2.69. The number of carbonyl (C=O) groups is 1. The first-order valence-electron chi connectivity index (χ1n) is 9.26. The van der Waals surface area contributed by atoms with E-state index in [0.717, 1.165) is 22.4 Å². The lowest BCUT2D eigenvalue weighted by atomic mass is 10.00. The minimum Gasteiger partial charge on any atom is -0.390 e. The summed E-state index contributed by atoms with van der Waals surface area (Å²) >= 11 is 0. The first-order valence-corrected chi connectivity index (χ1v) is 9.26. The van der Waals surface area contributed by atoms with Crippen molar-refractivity contribution in [2.24, 2.45) is 11.1 Å². The van der Waals surface area contributed by atoms with E-state index < -0.39 is 0 Å². The highest BCUT2D eigenvalue weighted by molar-refractivity contribution is 6.02. The predicted octanol–water partition coefficient (Wildman–Crippen LogP) is 4.31. The summed E-state index contributed by atoms with van der Waals surface area (Å²) in [6.45, 7) is 6.56. The molecule has 0 unspecified atom stereocenters. The van der Waals surface area contributed by atoms with Crippen molar-refractivity contribution in [2.75, 3.05) is 6.54 Å². The minimum absolute atomic E-state index is 0.0206. The molecule has 0 fully saturated rings. The molecule has 0 aromatic heterocycles.